The van der Waals surface area contributed by atoms with Crippen LogP contribution in [-0.2, 0) is 71.5 Å². The number of hydrogen-bond acceptors (Lipinski definition) is 15. The number of nitrogens with zero attached hydrogens (tertiary/aromatic N) is 1. The molecule has 236 valence electrons. The molecule has 0 unspecified atom stereocenters. The topological polar surface area (TPSA) is 216 Å². The first-order valence-corrected chi connectivity index (χ1v) is 12.5. The van der Waals surface area contributed by atoms with Gasteiger partial charge in [-0.3, -0.25) is 33.6 Å². The first-order chi connectivity index (χ1) is 19.4. The molecule has 0 radical (unpaired) electrons. The lowest BCUT2D eigenvalue weighted by Gasteiger charge is -2.48. The number of carbonyl (C=O) groups is 8. The number of carbonyl (C=O) groups excluding carboxylic acids is 8. The predicted molar refractivity (Wildman–Crippen MR) is 135 cm³/mol. The van der Waals surface area contributed by atoms with Crippen LogP contribution < -0.4 is 5.32 Å². The summed E-state index contributed by atoms with van der Waals surface area (Å²) < 4.78 is 37.2. The summed E-state index contributed by atoms with van der Waals surface area (Å²) in [6, 6.07) is -1.44. The van der Waals surface area contributed by atoms with Crippen molar-refractivity contribution in [3.8, 4) is 0 Å². The van der Waals surface area contributed by atoms with Crippen LogP contribution in [0.4, 0.5) is 0 Å². The summed E-state index contributed by atoms with van der Waals surface area (Å²) in [6.07, 6.45) is -7.47. The minimum absolute atomic E-state index is 0.657. The Morgan fingerprint density at radius 1 is 0.833 bits per heavy atom. The Morgan fingerprint density at radius 3 is 1.88 bits per heavy atom. The van der Waals surface area contributed by atoms with Gasteiger partial charge in [0.15, 0.2) is 18.8 Å². The van der Waals surface area contributed by atoms with Gasteiger partial charge in [-0.15, -0.1) is 0 Å². The molecule has 1 heterocycles. The molecule has 0 aliphatic carbocycles. The highest BCUT2D eigenvalue weighted by molar-refractivity contribution is 5.85. The Kier molecular flexibility index (Phi) is 13.3. The maximum Gasteiger partial charge on any atom is 0.380 e. The van der Waals surface area contributed by atoms with E-state index in [2.05, 4.69) is 5.32 Å². The standard InChI is InChI=1S/C25H36N2O15/c1-12(28)26-21-18(38-14(3)30)9-25(41-17(6)33,24(35)37-11-20(34)27(7)8)42-23(21)22(40-16(5)32)19(39-15(4)31)10-36-13(2)29/h18-19,21-23H,9-11H2,1-8H3,(H,26,28)/t18-,19+,21+,22+,23+,25-/m0/s1. The van der Waals surface area contributed by atoms with Gasteiger partial charge in [-0.1, -0.05) is 0 Å². The maximum atomic E-state index is 13.4. The lowest BCUT2D eigenvalue weighted by molar-refractivity contribution is -0.304. The number of ether oxygens (including phenoxy) is 7. The van der Waals surface area contributed by atoms with E-state index in [4.69, 9.17) is 33.2 Å². The maximum absolute atomic E-state index is 13.4. The molecule has 1 aliphatic rings. The summed E-state index contributed by atoms with van der Waals surface area (Å²) in [7, 11) is 2.78. The van der Waals surface area contributed by atoms with Crippen LogP contribution in [0.1, 0.15) is 48.0 Å². The second-order valence-electron chi connectivity index (χ2n) is 9.40. The summed E-state index contributed by atoms with van der Waals surface area (Å²) >= 11 is 0. The van der Waals surface area contributed by atoms with Gasteiger partial charge in [0.2, 0.25) is 5.91 Å². The molecule has 1 rings (SSSR count). The Bertz CT molecular complexity index is 1070. The van der Waals surface area contributed by atoms with E-state index in [1.165, 1.54) is 14.1 Å². The van der Waals surface area contributed by atoms with Crippen molar-refractivity contribution in [2.75, 3.05) is 27.3 Å². The molecule has 0 aromatic heterocycles. The second kappa shape index (κ2) is 15.6. The van der Waals surface area contributed by atoms with E-state index >= 15 is 0 Å². The van der Waals surface area contributed by atoms with Crippen LogP contribution in [0.15, 0.2) is 0 Å². The summed E-state index contributed by atoms with van der Waals surface area (Å²) in [6.45, 7) is 4.56. The molecule has 6 atom stereocenters. The van der Waals surface area contributed by atoms with Gasteiger partial charge < -0.3 is 43.4 Å². The van der Waals surface area contributed by atoms with Crippen molar-refractivity contribution < 1.29 is 71.5 Å². The molecule has 0 bridgehead atoms. The van der Waals surface area contributed by atoms with Gasteiger partial charge in [-0.25, -0.2) is 4.79 Å². The van der Waals surface area contributed by atoms with Crippen LogP contribution in [0, 0.1) is 0 Å². The minimum Gasteiger partial charge on any atom is -0.462 e. The van der Waals surface area contributed by atoms with Gasteiger partial charge in [0.25, 0.3) is 5.91 Å². The van der Waals surface area contributed by atoms with E-state index in [0.717, 1.165) is 46.4 Å². The zero-order chi connectivity index (χ0) is 32.4. The predicted octanol–water partition coefficient (Wildman–Crippen LogP) is -1.47. The summed E-state index contributed by atoms with van der Waals surface area (Å²) in [4.78, 5) is 98.8. The largest absolute Gasteiger partial charge is 0.462 e. The summed E-state index contributed by atoms with van der Waals surface area (Å²) in [5, 5.41) is 2.48. The Hall–Kier alpha value is -4.28. The van der Waals surface area contributed by atoms with Crippen molar-refractivity contribution in [3.05, 3.63) is 0 Å². The molecule has 42 heavy (non-hydrogen) atoms. The quantitative estimate of drug-likeness (QED) is 0.199. The van der Waals surface area contributed by atoms with Crippen molar-refractivity contribution in [3.63, 3.8) is 0 Å². The number of esters is 6. The summed E-state index contributed by atoms with van der Waals surface area (Å²) in [5.74, 6) is -10.2. The molecule has 1 saturated heterocycles. The minimum atomic E-state index is -2.74. The zero-order valence-electron chi connectivity index (χ0n) is 24.6. The fraction of sp³-hybridized carbons (Fsp3) is 0.680. The average molecular weight is 605 g/mol. The van der Waals surface area contributed by atoms with Gasteiger partial charge in [0, 0.05) is 55.6 Å². The van der Waals surface area contributed by atoms with Crippen LogP contribution in [-0.4, -0.2) is 116 Å². The van der Waals surface area contributed by atoms with Gasteiger partial charge in [0.1, 0.15) is 18.8 Å². The zero-order valence-corrected chi connectivity index (χ0v) is 24.6. The fourth-order valence-corrected chi connectivity index (χ4v) is 3.95. The lowest BCUT2D eigenvalue weighted by atomic mass is 9.88. The lowest BCUT2D eigenvalue weighted by Crippen LogP contribution is -2.69. The fourth-order valence-electron chi connectivity index (χ4n) is 3.95. The number of hydrogen-bond donors (Lipinski definition) is 1. The molecule has 2 amide bonds. The van der Waals surface area contributed by atoms with Crippen molar-refractivity contribution in [2.45, 2.75) is 84.2 Å². The molecule has 17 nitrogen and oxygen atoms in total. The molecule has 1 fully saturated rings. The van der Waals surface area contributed by atoms with Crippen molar-refractivity contribution in [1.82, 2.24) is 10.2 Å². The van der Waals surface area contributed by atoms with E-state index in [0.29, 0.717) is 0 Å². The molecular formula is C25H36N2O15. The van der Waals surface area contributed by atoms with Crippen LogP contribution >= 0.6 is 0 Å². The highest BCUT2D eigenvalue weighted by Crippen LogP contribution is 2.37. The van der Waals surface area contributed by atoms with E-state index in [1.807, 2.05) is 0 Å². The van der Waals surface area contributed by atoms with Crippen molar-refractivity contribution >= 4 is 47.6 Å². The highest BCUT2D eigenvalue weighted by atomic mass is 16.8. The van der Waals surface area contributed by atoms with E-state index in [-0.39, 0.29) is 0 Å². The highest BCUT2D eigenvalue weighted by Gasteiger charge is 2.60. The van der Waals surface area contributed by atoms with Gasteiger partial charge in [0.05, 0.1) is 12.5 Å². The third-order valence-corrected chi connectivity index (χ3v) is 5.44. The smallest absolute Gasteiger partial charge is 0.380 e. The third-order valence-electron chi connectivity index (χ3n) is 5.44. The molecular weight excluding hydrogens is 568 g/mol. The van der Waals surface area contributed by atoms with E-state index < -0.39 is 104 Å². The van der Waals surface area contributed by atoms with Gasteiger partial charge in [-0.05, 0) is 0 Å². The molecule has 0 saturated carbocycles. The molecule has 0 aromatic rings. The second-order valence-corrected chi connectivity index (χ2v) is 9.40. The molecule has 17 heteroatoms. The Labute approximate surface area is 241 Å². The van der Waals surface area contributed by atoms with E-state index in [9.17, 15) is 38.4 Å². The van der Waals surface area contributed by atoms with Gasteiger partial charge >= 0.3 is 41.6 Å². The molecule has 0 aromatic carbocycles. The van der Waals surface area contributed by atoms with Crippen molar-refractivity contribution in [2.24, 2.45) is 0 Å². The Balaban J connectivity index is 3.87. The van der Waals surface area contributed by atoms with Gasteiger partial charge in [-0.2, -0.15) is 0 Å². The first kappa shape index (κ1) is 35.7. The van der Waals surface area contributed by atoms with Crippen LogP contribution in [0.2, 0.25) is 0 Å². The van der Waals surface area contributed by atoms with Crippen LogP contribution in [0.3, 0.4) is 0 Å². The monoisotopic (exact) mass is 604 g/mol. The number of rotatable bonds is 12. The molecule has 1 N–H and O–H groups in total. The third kappa shape index (κ3) is 10.9. The van der Waals surface area contributed by atoms with Crippen LogP contribution in [0.25, 0.3) is 0 Å². The number of likely N-dealkylation sites (N-methyl/N-ethyl adjacent to an activating group) is 1. The normalized spacial score (nSPS) is 22.7. The molecule has 0 spiro atoms. The molecule has 1 aliphatic heterocycles. The SMILES string of the molecule is CC(=O)N[C@H]1[C@H]([C@H](OC(C)=O)[C@@H](COC(C)=O)OC(C)=O)O[C@](OC(C)=O)(C(=O)OCC(=O)N(C)C)C[C@@H]1OC(C)=O. The van der Waals surface area contributed by atoms with E-state index in [1.54, 1.807) is 0 Å². The first-order valence-electron chi connectivity index (χ1n) is 12.5. The van der Waals surface area contributed by atoms with Crippen molar-refractivity contribution in [1.29, 1.82) is 0 Å². The van der Waals surface area contributed by atoms with Crippen LogP contribution in [0.5, 0.6) is 0 Å². The number of nitrogens with one attached hydrogen (secondary N) is 1. The Morgan fingerprint density at radius 2 is 1.43 bits per heavy atom. The number of amides is 2. The average Bonchev–Trinajstić information content (AvgIpc) is 2.83. The summed E-state index contributed by atoms with van der Waals surface area (Å²) in [5.41, 5.74) is 0.